The van der Waals surface area contributed by atoms with Crippen molar-refractivity contribution < 1.29 is 9.53 Å². The van der Waals surface area contributed by atoms with Gasteiger partial charge in [-0.15, -0.1) is 0 Å². The molecular weight excluding hydrogens is 268 g/mol. The number of ether oxygens (including phenoxy) is 1. The largest absolute Gasteiger partial charge is 0.462 e. The molecule has 1 rings (SSSR count). The van der Waals surface area contributed by atoms with Gasteiger partial charge in [0.25, 0.3) is 0 Å². The molecule has 0 fully saturated rings. The highest BCUT2D eigenvalue weighted by Gasteiger charge is 2.19. The molecule has 0 unspecified atom stereocenters. The maximum absolute atomic E-state index is 11.7. The van der Waals surface area contributed by atoms with E-state index >= 15 is 0 Å². The fourth-order valence-corrected chi connectivity index (χ4v) is 2.19. The Labute approximate surface area is 126 Å². The number of nitrogens with one attached hydrogen (secondary N) is 1. The fraction of sp³-hybridized carbons (Fsp3) is 0.667. The van der Waals surface area contributed by atoms with Crippen molar-refractivity contribution in [2.24, 2.45) is 5.41 Å². The Morgan fingerprint density at radius 2 is 2.10 bits per heavy atom. The lowest BCUT2D eigenvalue weighted by Crippen LogP contribution is -2.34. The average molecular weight is 294 g/mol. The van der Waals surface area contributed by atoms with Crippen molar-refractivity contribution in [2.45, 2.75) is 27.7 Å². The van der Waals surface area contributed by atoms with Gasteiger partial charge in [-0.1, -0.05) is 13.8 Å². The van der Waals surface area contributed by atoms with E-state index in [1.807, 2.05) is 0 Å². The summed E-state index contributed by atoms with van der Waals surface area (Å²) in [6, 6.07) is 0. The number of aromatic nitrogens is 2. The van der Waals surface area contributed by atoms with Gasteiger partial charge in [0.2, 0.25) is 5.95 Å². The first kappa shape index (κ1) is 17.4. The van der Waals surface area contributed by atoms with Crippen molar-refractivity contribution in [2.75, 3.05) is 39.1 Å². The first-order chi connectivity index (χ1) is 9.75. The van der Waals surface area contributed by atoms with E-state index in [9.17, 15) is 4.79 Å². The number of hydrogen-bond donors (Lipinski definition) is 1. The standard InChI is InChI=1S/C15H26N4O2/c1-7-21-13(20)12-8-16-14(18-11(12)2)17-9-15(3,4)10-19(5)6/h8H,7,9-10H2,1-6H3,(H,16,17,18). The van der Waals surface area contributed by atoms with E-state index in [0.29, 0.717) is 23.8 Å². The molecule has 0 spiro atoms. The molecule has 0 aliphatic rings. The van der Waals surface area contributed by atoms with Crippen LogP contribution in [0.5, 0.6) is 0 Å². The van der Waals surface area contributed by atoms with Crippen molar-refractivity contribution in [1.82, 2.24) is 14.9 Å². The van der Waals surface area contributed by atoms with Crippen LogP contribution in [0.25, 0.3) is 0 Å². The molecule has 0 aromatic carbocycles. The molecule has 0 amide bonds. The second-order valence-corrected chi connectivity index (χ2v) is 6.17. The van der Waals surface area contributed by atoms with E-state index in [0.717, 1.165) is 13.1 Å². The smallest absolute Gasteiger partial charge is 0.341 e. The second-order valence-electron chi connectivity index (χ2n) is 6.17. The minimum Gasteiger partial charge on any atom is -0.462 e. The second kappa shape index (κ2) is 7.36. The molecule has 0 aliphatic heterocycles. The molecule has 0 aliphatic carbocycles. The normalized spacial score (nSPS) is 11.6. The zero-order valence-corrected chi connectivity index (χ0v) is 13.9. The summed E-state index contributed by atoms with van der Waals surface area (Å²) in [5.74, 6) is 0.155. The average Bonchev–Trinajstić information content (AvgIpc) is 2.35. The summed E-state index contributed by atoms with van der Waals surface area (Å²) in [5.41, 5.74) is 1.13. The Hall–Kier alpha value is -1.69. The summed E-state index contributed by atoms with van der Waals surface area (Å²) in [5, 5.41) is 3.23. The Morgan fingerprint density at radius 1 is 1.43 bits per heavy atom. The zero-order chi connectivity index (χ0) is 16.0. The van der Waals surface area contributed by atoms with Gasteiger partial charge in [0.15, 0.2) is 0 Å². The third kappa shape index (κ3) is 5.67. The van der Waals surface area contributed by atoms with Gasteiger partial charge in [0.1, 0.15) is 0 Å². The van der Waals surface area contributed by atoms with E-state index in [1.165, 1.54) is 6.20 Å². The first-order valence-corrected chi connectivity index (χ1v) is 7.14. The van der Waals surface area contributed by atoms with Crippen LogP contribution in [0.4, 0.5) is 5.95 Å². The van der Waals surface area contributed by atoms with Crippen molar-refractivity contribution >= 4 is 11.9 Å². The number of rotatable bonds is 7. The van der Waals surface area contributed by atoms with Gasteiger partial charge in [0, 0.05) is 19.3 Å². The van der Waals surface area contributed by atoms with E-state index in [1.54, 1.807) is 13.8 Å². The molecule has 1 heterocycles. The van der Waals surface area contributed by atoms with E-state index < -0.39 is 0 Å². The fourth-order valence-electron chi connectivity index (χ4n) is 2.19. The number of anilines is 1. The molecule has 1 N–H and O–H groups in total. The van der Waals surface area contributed by atoms with Crippen molar-refractivity contribution in [3.8, 4) is 0 Å². The molecule has 21 heavy (non-hydrogen) atoms. The minimum absolute atomic E-state index is 0.0978. The van der Waals surface area contributed by atoms with Gasteiger partial charge in [-0.2, -0.15) is 0 Å². The summed E-state index contributed by atoms with van der Waals surface area (Å²) >= 11 is 0. The Bertz CT molecular complexity index is 487. The molecule has 118 valence electrons. The predicted octanol–water partition coefficient (Wildman–Crippen LogP) is 1.96. The molecule has 1 aromatic rings. The summed E-state index contributed by atoms with van der Waals surface area (Å²) < 4.78 is 4.96. The van der Waals surface area contributed by atoms with Crippen LogP contribution in [0.1, 0.15) is 36.8 Å². The Kier molecular flexibility index (Phi) is 6.08. The Balaban J connectivity index is 2.70. The van der Waals surface area contributed by atoms with E-state index in [-0.39, 0.29) is 11.4 Å². The summed E-state index contributed by atoms with van der Waals surface area (Å²) in [6.07, 6.45) is 1.52. The molecule has 6 heteroatoms. The Morgan fingerprint density at radius 3 is 2.62 bits per heavy atom. The number of aryl methyl sites for hydroxylation is 1. The van der Waals surface area contributed by atoms with E-state index in [4.69, 9.17) is 4.74 Å². The number of hydrogen-bond acceptors (Lipinski definition) is 6. The monoisotopic (exact) mass is 294 g/mol. The van der Waals surface area contributed by atoms with Crippen LogP contribution in [0, 0.1) is 12.3 Å². The van der Waals surface area contributed by atoms with Gasteiger partial charge < -0.3 is 15.0 Å². The third-order valence-corrected chi connectivity index (χ3v) is 2.94. The van der Waals surface area contributed by atoms with Crippen LogP contribution >= 0.6 is 0 Å². The lowest BCUT2D eigenvalue weighted by atomic mass is 9.93. The highest BCUT2D eigenvalue weighted by molar-refractivity contribution is 5.90. The lowest BCUT2D eigenvalue weighted by molar-refractivity contribution is 0.0524. The maximum Gasteiger partial charge on any atom is 0.341 e. The predicted molar refractivity (Wildman–Crippen MR) is 83.6 cm³/mol. The highest BCUT2D eigenvalue weighted by Crippen LogP contribution is 2.17. The molecule has 0 radical (unpaired) electrons. The zero-order valence-electron chi connectivity index (χ0n) is 13.9. The molecule has 0 saturated heterocycles. The van der Waals surface area contributed by atoms with E-state index in [2.05, 4.69) is 48.1 Å². The van der Waals surface area contributed by atoms with Crippen LogP contribution in [0.15, 0.2) is 6.20 Å². The minimum atomic E-state index is -0.380. The summed E-state index contributed by atoms with van der Waals surface area (Å²) in [4.78, 5) is 22.3. The van der Waals surface area contributed by atoms with Crippen LogP contribution in [0.3, 0.4) is 0 Å². The van der Waals surface area contributed by atoms with Gasteiger partial charge in [-0.05, 0) is 33.4 Å². The molecule has 1 aromatic heterocycles. The van der Waals surface area contributed by atoms with Crippen LogP contribution in [-0.2, 0) is 4.74 Å². The first-order valence-electron chi connectivity index (χ1n) is 7.14. The molecule has 6 nitrogen and oxygen atoms in total. The summed E-state index contributed by atoms with van der Waals surface area (Å²) in [7, 11) is 4.10. The van der Waals surface area contributed by atoms with Crippen LogP contribution < -0.4 is 5.32 Å². The van der Waals surface area contributed by atoms with Crippen molar-refractivity contribution in [3.05, 3.63) is 17.5 Å². The van der Waals surface area contributed by atoms with Gasteiger partial charge in [0.05, 0.1) is 17.9 Å². The molecule has 0 saturated carbocycles. The number of nitrogens with zero attached hydrogens (tertiary/aromatic N) is 3. The summed E-state index contributed by atoms with van der Waals surface area (Å²) in [6.45, 7) is 9.97. The molecular formula is C15H26N4O2. The SMILES string of the molecule is CCOC(=O)c1cnc(NCC(C)(C)CN(C)C)nc1C. The van der Waals surface area contributed by atoms with Gasteiger partial charge >= 0.3 is 5.97 Å². The molecule has 0 atom stereocenters. The number of carbonyl (C=O) groups is 1. The number of carbonyl (C=O) groups excluding carboxylic acids is 1. The van der Waals surface area contributed by atoms with Crippen molar-refractivity contribution in [3.63, 3.8) is 0 Å². The van der Waals surface area contributed by atoms with Gasteiger partial charge in [-0.25, -0.2) is 14.8 Å². The maximum atomic E-state index is 11.7. The topological polar surface area (TPSA) is 67.3 Å². The van der Waals surface area contributed by atoms with Crippen LogP contribution in [0.2, 0.25) is 0 Å². The third-order valence-electron chi connectivity index (χ3n) is 2.94. The quantitative estimate of drug-likeness (QED) is 0.775. The lowest BCUT2D eigenvalue weighted by Gasteiger charge is -2.28. The number of esters is 1. The van der Waals surface area contributed by atoms with Crippen molar-refractivity contribution in [1.29, 1.82) is 0 Å². The van der Waals surface area contributed by atoms with Crippen LogP contribution in [-0.4, -0.2) is 54.6 Å². The highest BCUT2D eigenvalue weighted by atomic mass is 16.5. The van der Waals surface area contributed by atoms with Gasteiger partial charge in [-0.3, -0.25) is 0 Å². The molecule has 0 bridgehead atoms.